The number of benzene rings is 1. The van der Waals surface area contributed by atoms with E-state index in [1.807, 2.05) is 31.2 Å². The number of rotatable bonds is 6. The number of ether oxygens (including phenoxy) is 1. The van der Waals surface area contributed by atoms with Crippen molar-refractivity contribution in [1.29, 1.82) is 0 Å². The van der Waals surface area contributed by atoms with E-state index >= 15 is 0 Å². The summed E-state index contributed by atoms with van der Waals surface area (Å²) in [5.41, 5.74) is 1.17. The molecule has 2 rings (SSSR count). The largest absolute Gasteiger partial charge is 0.494 e. The fourth-order valence-electron chi connectivity index (χ4n) is 2.28. The Labute approximate surface area is 125 Å². The van der Waals surface area contributed by atoms with Gasteiger partial charge in [0.2, 0.25) is 11.8 Å². The Morgan fingerprint density at radius 2 is 2.24 bits per heavy atom. The standard InChI is InChI=1S/C16H22N2O3/c1-13-5-4-6-14(11-13)21-10-3-2-7-16(20)18-9-8-17-15(19)12-18/h4-6,11H,2-3,7-10,12H2,1H3,(H,17,19). The Bertz CT molecular complexity index is 502. The Morgan fingerprint density at radius 3 is 3.00 bits per heavy atom. The molecule has 1 aromatic rings. The molecule has 2 amide bonds. The Morgan fingerprint density at radius 1 is 1.38 bits per heavy atom. The number of nitrogens with zero attached hydrogens (tertiary/aromatic N) is 1. The molecule has 1 aromatic carbocycles. The molecule has 114 valence electrons. The van der Waals surface area contributed by atoms with Crippen LogP contribution in [0, 0.1) is 6.92 Å². The summed E-state index contributed by atoms with van der Waals surface area (Å²) < 4.78 is 5.64. The minimum absolute atomic E-state index is 0.0559. The molecule has 0 unspecified atom stereocenters. The lowest BCUT2D eigenvalue weighted by molar-refractivity contribution is -0.138. The predicted octanol–water partition coefficient (Wildman–Crippen LogP) is 1.50. The van der Waals surface area contributed by atoms with Gasteiger partial charge in [-0.05, 0) is 37.5 Å². The smallest absolute Gasteiger partial charge is 0.239 e. The van der Waals surface area contributed by atoms with Crippen LogP contribution in [0.1, 0.15) is 24.8 Å². The number of unbranched alkanes of at least 4 members (excludes halogenated alkanes) is 1. The van der Waals surface area contributed by atoms with Crippen LogP contribution in [0.4, 0.5) is 0 Å². The van der Waals surface area contributed by atoms with Gasteiger partial charge in [-0.1, -0.05) is 12.1 Å². The van der Waals surface area contributed by atoms with E-state index in [2.05, 4.69) is 5.32 Å². The number of aryl methyl sites for hydroxylation is 1. The first-order chi connectivity index (χ1) is 10.1. The molecule has 0 radical (unpaired) electrons. The molecular formula is C16H22N2O3. The van der Waals surface area contributed by atoms with E-state index in [0.29, 0.717) is 26.1 Å². The molecule has 5 heteroatoms. The van der Waals surface area contributed by atoms with Crippen LogP contribution in [0.15, 0.2) is 24.3 Å². The fourth-order valence-corrected chi connectivity index (χ4v) is 2.28. The van der Waals surface area contributed by atoms with E-state index < -0.39 is 0 Å². The highest BCUT2D eigenvalue weighted by molar-refractivity contribution is 5.85. The maximum absolute atomic E-state index is 11.9. The molecular weight excluding hydrogens is 268 g/mol. The van der Waals surface area contributed by atoms with Gasteiger partial charge < -0.3 is 15.0 Å². The lowest BCUT2D eigenvalue weighted by atomic mass is 10.2. The molecule has 1 aliphatic heterocycles. The second kappa shape index (κ2) is 7.67. The summed E-state index contributed by atoms with van der Waals surface area (Å²) in [6.07, 6.45) is 2.09. The summed E-state index contributed by atoms with van der Waals surface area (Å²) in [5, 5.41) is 2.71. The zero-order valence-electron chi connectivity index (χ0n) is 12.4. The summed E-state index contributed by atoms with van der Waals surface area (Å²) >= 11 is 0. The van der Waals surface area contributed by atoms with E-state index in [4.69, 9.17) is 4.74 Å². The van der Waals surface area contributed by atoms with Crippen LogP contribution in [0.2, 0.25) is 0 Å². The monoisotopic (exact) mass is 290 g/mol. The van der Waals surface area contributed by atoms with E-state index in [1.54, 1.807) is 4.90 Å². The van der Waals surface area contributed by atoms with Gasteiger partial charge in [-0.3, -0.25) is 9.59 Å². The van der Waals surface area contributed by atoms with Crippen LogP contribution in [0.3, 0.4) is 0 Å². The van der Waals surface area contributed by atoms with Crippen molar-refractivity contribution in [2.24, 2.45) is 0 Å². The molecule has 21 heavy (non-hydrogen) atoms. The number of hydrogen-bond donors (Lipinski definition) is 1. The molecule has 0 bridgehead atoms. The van der Waals surface area contributed by atoms with Gasteiger partial charge in [0.05, 0.1) is 13.2 Å². The van der Waals surface area contributed by atoms with Gasteiger partial charge in [0.15, 0.2) is 0 Å². The van der Waals surface area contributed by atoms with Gasteiger partial charge >= 0.3 is 0 Å². The van der Waals surface area contributed by atoms with Gasteiger partial charge in [-0.15, -0.1) is 0 Å². The number of piperazine rings is 1. The van der Waals surface area contributed by atoms with Crippen molar-refractivity contribution in [2.75, 3.05) is 26.2 Å². The SMILES string of the molecule is Cc1cccc(OCCCCC(=O)N2CCNC(=O)C2)c1. The minimum Gasteiger partial charge on any atom is -0.494 e. The van der Waals surface area contributed by atoms with Crippen LogP contribution in [0.5, 0.6) is 5.75 Å². The number of carbonyl (C=O) groups is 2. The highest BCUT2D eigenvalue weighted by Gasteiger charge is 2.20. The van der Waals surface area contributed by atoms with Crippen molar-refractivity contribution in [2.45, 2.75) is 26.2 Å². The summed E-state index contributed by atoms with van der Waals surface area (Å²) in [6.45, 7) is 4.00. The fraction of sp³-hybridized carbons (Fsp3) is 0.500. The molecule has 0 aliphatic carbocycles. The van der Waals surface area contributed by atoms with Crippen molar-refractivity contribution in [3.8, 4) is 5.75 Å². The Hall–Kier alpha value is -2.04. The van der Waals surface area contributed by atoms with Crippen molar-refractivity contribution < 1.29 is 14.3 Å². The molecule has 1 N–H and O–H groups in total. The van der Waals surface area contributed by atoms with Crippen molar-refractivity contribution in [1.82, 2.24) is 10.2 Å². The second-order valence-electron chi connectivity index (χ2n) is 5.29. The lowest BCUT2D eigenvalue weighted by Gasteiger charge is -2.26. The molecule has 0 saturated carbocycles. The molecule has 1 heterocycles. The molecule has 1 fully saturated rings. The van der Waals surface area contributed by atoms with Crippen LogP contribution >= 0.6 is 0 Å². The van der Waals surface area contributed by atoms with Crippen LogP contribution in [0.25, 0.3) is 0 Å². The molecule has 0 aromatic heterocycles. The summed E-state index contributed by atoms with van der Waals surface area (Å²) in [7, 11) is 0. The van der Waals surface area contributed by atoms with Crippen LogP contribution in [-0.2, 0) is 9.59 Å². The van der Waals surface area contributed by atoms with Crippen LogP contribution in [-0.4, -0.2) is 43.0 Å². The topological polar surface area (TPSA) is 58.6 Å². The number of amides is 2. The van der Waals surface area contributed by atoms with Gasteiger partial charge in [-0.2, -0.15) is 0 Å². The van der Waals surface area contributed by atoms with Crippen LogP contribution < -0.4 is 10.1 Å². The third-order valence-electron chi connectivity index (χ3n) is 3.43. The van der Waals surface area contributed by atoms with E-state index in [1.165, 1.54) is 5.56 Å². The molecule has 0 spiro atoms. The van der Waals surface area contributed by atoms with Gasteiger partial charge in [0.1, 0.15) is 5.75 Å². The quantitative estimate of drug-likeness (QED) is 0.808. The summed E-state index contributed by atoms with van der Waals surface area (Å²) in [4.78, 5) is 24.8. The van der Waals surface area contributed by atoms with Gasteiger partial charge in [0.25, 0.3) is 0 Å². The first-order valence-corrected chi connectivity index (χ1v) is 7.39. The molecule has 5 nitrogen and oxygen atoms in total. The molecule has 1 aliphatic rings. The van der Waals surface area contributed by atoms with Crippen molar-refractivity contribution in [3.63, 3.8) is 0 Å². The van der Waals surface area contributed by atoms with E-state index in [-0.39, 0.29) is 18.4 Å². The maximum Gasteiger partial charge on any atom is 0.239 e. The first-order valence-electron chi connectivity index (χ1n) is 7.39. The normalized spacial score (nSPS) is 14.7. The third-order valence-corrected chi connectivity index (χ3v) is 3.43. The van der Waals surface area contributed by atoms with Gasteiger partial charge in [-0.25, -0.2) is 0 Å². The average Bonchev–Trinajstić information content (AvgIpc) is 2.47. The molecule has 1 saturated heterocycles. The summed E-state index contributed by atoms with van der Waals surface area (Å²) in [5.74, 6) is 0.854. The lowest BCUT2D eigenvalue weighted by Crippen LogP contribution is -2.49. The average molecular weight is 290 g/mol. The number of hydrogen-bond acceptors (Lipinski definition) is 3. The minimum atomic E-state index is -0.0719. The van der Waals surface area contributed by atoms with E-state index in [9.17, 15) is 9.59 Å². The molecule has 0 atom stereocenters. The Kier molecular flexibility index (Phi) is 5.60. The van der Waals surface area contributed by atoms with Gasteiger partial charge in [0, 0.05) is 19.5 Å². The number of carbonyl (C=O) groups excluding carboxylic acids is 2. The summed E-state index contributed by atoms with van der Waals surface area (Å²) in [6, 6.07) is 7.93. The predicted molar refractivity (Wildman–Crippen MR) is 80.1 cm³/mol. The van der Waals surface area contributed by atoms with E-state index in [0.717, 1.165) is 18.6 Å². The van der Waals surface area contributed by atoms with Crippen molar-refractivity contribution in [3.05, 3.63) is 29.8 Å². The zero-order valence-corrected chi connectivity index (χ0v) is 12.4. The highest BCUT2D eigenvalue weighted by Crippen LogP contribution is 2.13. The second-order valence-corrected chi connectivity index (χ2v) is 5.29. The highest BCUT2D eigenvalue weighted by atomic mass is 16.5. The Balaban J connectivity index is 1.61. The maximum atomic E-state index is 11.9. The third kappa shape index (κ3) is 5.10. The van der Waals surface area contributed by atoms with Crippen molar-refractivity contribution >= 4 is 11.8 Å². The zero-order chi connectivity index (χ0) is 15.1. The number of nitrogens with one attached hydrogen (secondary N) is 1. The first kappa shape index (κ1) is 15.4.